The van der Waals surface area contributed by atoms with Crippen molar-refractivity contribution >= 4 is 39.2 Å². The van der Waals surface area contributed by atoms with Crippen LogP contribution in [0.1, 0.15) is 18.5 Å². The smallest absolute Gasteiger partial charge is 0.324 e. The first-order valence-electron chi connectivity index (χ1n) is 8.90. The van der Waals surface area contributed by atoms with Crippen molar-refractivity contribution in [3.8, 4) is 10.4 Å². The lowest BCUT2D eigenvalue weighted by molar-refractivity contribution is -0.121. The van der Waals surface area contributed by atoms with Crippen LogP contribution in [0.4, 0.5) is 9.93 Å². The van der Waals surface area contributed by atoms with Crippen LogP contribution in [0.2, 0.25) is 0 Å². The minimum atomic E-state index is -0.570. The summed E-state index contributed by atoms with van der Waals surface area (Å²) in [5.41, 5.74) is 6.95. The SMILES string of the molecule is Cc1nc(NC(=O)N2CCCC2C(N)=O)sc1-c1ccc2c(=O)[nH]ccc2c1. The van der Waals surface area contributed by atoms with Crippen LogP contribution in [0.15, 0.2) is 35.3 Å². The molecule has 0 radical (unpaired) electrons. The van der Waals surface area contributed by atoms with Crippen molar-refractivity contribution < 1.29 is 9.59 Å². The number of fused-ring (bicyclic) bond motifs is 1. The molecule has 28 heavy (non-hydrogen) atoms. The van der Waals surface area contributed by atoms with E-state index in [0.29, 0.717) is 23.5 Å². The van der Waals surface area contributed by atoms with Crippen LogP contribution < -0.4 is 16.6 Å². The number of pyridine rings is 1. The number of aromatic amines is 1. The number of rotatable bonds is 3. The molecule has 1 fully saturated rings. The molecule has 0 spiro atoms. The summed E-state index contributed by atoms with van der Waals surface area (Å²) in [5, 5.41) is 4.69. The summed E-state index contributed by atoms with van der Waals surface area (Å²) in [6.45, 7) is 2.36. The van der Waals surface area contributed by atoms with Crippen LogP contribution in [0.5, 0.6) is 0 Å². The molecule has 0 aliphatic carbocycles. The van der Waals surface area contributed by atoms with Crippen LogP contribution in [0, 0.1) is 6.92 Å². The third-order valence-corrected chi connectivity index (χ3v) is 6.01. The van der Waals surface area contributed by atoms with Gasteiger partial charge in [0.15, 0.2) is 5.13 Å². The number of aromatic nitrogens is 2. The molecule has 0 bridgehead atoms. The van der Waals surface area contributed by atoms with Crippen molar-refractivity contribution in [2.75, 3.05) is 11.9 Å². The van der Waals surface area contributed by atoms with Crippen molar-refractivity contribution in [3.05, 3.63) is 46.5 Å². The number of aryl methyl sites for hydroxylation is 1. The van der Waals surface area contributed by atoms with E-state index in [1.807, 2.05) is 25.1 Å². The number of nitrogens with zero attached hydrogens (tertiary/aromatic N) is 2. The van der Waals surface area contributed by atoms with E-state index in [0.717, 1.165) is 27.9 Å². The maximum Gasteiger partial charge on any atom is 0.324 e. The zero-order chi connectivity index (χ0) is 19.8. The fourth-order valence-electron chi connectivity index (χ4n) is 3.52. The molecular weight excluding hydrogens is 378 g/mol. The van der Waals surface area contributed by atoms with Crippen molar-refractivity contribution in [3.63, 3.8) is 0 Å². The van der Waals surface area contributed by atoms with Gasteiger partial charge in [0.05, 0.1) is 10.6 Å². The maximum atomic E-state index is 12.5. The minimum absolute atomic E-state index is 0.132. The van der Waals surface area contributed by atoms with Gasteiger partial charge in [0.25, 0.3) is 5.56 Å². The van der Waals surface area contributed by atoms with Crippen LogP contribution in [-0.4, -0.2) is 39.4 Å². The van der Waals surface area contributed by atoms with Gasteiger partial charge < -0.3 is 15.6 Å². The normalized spacial score (nSPS) is 16.5. The molecule has 1 atom stereocenters. The molecular formula is C19H19N5O3S. The van der Waals surface area contributed by atoms with Gasteiger partial charge in [-0.05, 0) is 48.9 Å². The second-order valence-corrected chi connectivity index (χ2v) is 7.73. The van der Waals surface area contributed by atoms with Crippen LogP contribution in [0.25, 0.3) is 21.2 Å². The van der Waals surface area contributed by atoms with E-state index in [2.05, 4.69) is 15.3 Å². The summed E-state index contributed by atoms with van der Waals surface area (Å²) in [7, 11) is 0. The summed E-state index contributed by atoms with van der Waals surface area (Å²) in [6, 6.07) is 6.48. The number of hydrogen-bond donors (Lipinski definition) is 3. The molecule has 1 unspecified atom stereocenters. The summed E-state index contributed by atoms with van der Waals surface area (Å²) in [4.78, 5) is 45.4. The maximum absolute atomic E-state index is 12.5. The number of H-pyrrole nitrogens is 1. The zero-order valence-electron chi connectivity index (χ0n) is 15.2. The Morgan fingerprint density at radius 1 is 1.36 bits per heavy atom. The van der Waals surface area contributed by atoms with Gasteiger partial charge in [0.1, 0.15) is 6.04 Å². The standard InChI is InChI=1S/C19H19N5O3S/c1-10-15(12-4-5-13-11(9-12)6-7-21-17(13)26)28-18(22-10)23-19(27)24-8-2-3-14(24)16(20)25/h4-7,9,14H,2-3,8H2,1H3,(H2,20,25)(H,21,26)(H,22,23,27). The second-order valence-electron chi connectivity index (χ2n) is 6.73. The lowest BCUT2D eigenvalue weighted by Gasteiger charge is -2.21. The number of nitrogens with two attached hydrogens (primary N) is 1. The van der Waals surface area contributed by atoms with Crippen molar-refractivity contribution in [1.29, 1.82) is 0 Å². The number of likely N-dealkylation sites (tertiary alicyclic amines) is 1. The number of primary amides is 1. The summed E-state index contributed by atoms with van der Waals surface area (Å²) in [6.07, 6.45) is 2.95. The van der Waals surface area contributed by atoms with Crippen molar-refractivity contribution in [1.82, 2.24) is 14.9 Å². The molecule has 2 aromatic heterocycles. The minimum Gasteiger partial charge on any atom is -0.368 e. The highest BCUT2D eigenvalue weighted by Gasteiger charge is 2.33. The van der Waals surface area contributed by atoms with Gasteiger partial charge >= 0.3 is 6.03 Å². The zero-order valence-corrected chi connectivity index (χ0v) is 16.0. The molecule has 1 aliphatic rings. The van der Waals surface area contributed by atoms with Gasteiger partial charge in [-0.15, -0.1) is 0 Å². The van der Waals surface area contributed by atoms with Gasteiger partial charge in [-0.25, -0.2) is 9.78 Å². The third-order valence-electron chi connectivity index (χ3n) is 4.89. The first kappa shape index (κ1) is 18.2. The molecule has 1 aliphatic heterocycles. The van der Waals surface area contributed by atoms with E-state index in [9.17, 15) is 14.4 Å². The molecule has 0 saturated carbocycles. The first-order chi connectivity index (χ1) is 13.4. The largest absolute Gasteiger partial charge is 0.368 e. The summed E-state index contributed by atoms with van der Waals surface area (Å²) >= 11 is 1.35. The van der Waals surface area contributed by atoms with Crippen LogP contribution in [0.3, 0.4) is 0 Å². The fraction of sp³-hybridized carbons (Fsp3) is 0.263. The quantitative estimate of drug-likeness (QED) is 0.628. The van der Waals surface area contributed by atoms with Crippen LogP contribution in [-0.2, 0) is 4.79 Å². The number of nitrogens with one attached hydrogen (secondary N) is 2. The summed E-state index contributed by atoms with van der Waals surface area (Å²) in [5.74, 6) is -0.491. The highest BCUT2D eigenvalue weighted by Crippen LogP contribution is 2.34. The van der Waals surface area contributed by atoms with Gasteiger partial charge in [0, 0.05) is 18.1 Å². The Balaban J connectivity index is 1.60. The Hall–Kier alpha value is -3.20. The number of urea groups is 1. The predicted molar refractivity (Wildman–Crippen MR) is 108 cm³/mol. The van der Waals surface area contributed by atoms with Gasteiger partial charge in [0.2, 0.25) is 5.91 Å². The highest BCUT2D eigenvalue weighted by atomic mass is 32.1. The molecule has 4 N–H and O–H groups in total. The van der Waals surface area contributed by atoms with E-state index >= 15 is 0 Å². The molecule has 9 heteroatoms. The van der Waals surface area contributed by atoms with Crippen LogP contribution >= 0.6 is 11.3 Å². The number of benzene rings is 1. The lowest BCUT2D eigenvalue weighted by atomic mass is 10.1. The van der Waals surface area contributed by atoms with E-state index < -0.39 is 11.9 Å². The van der Waals surface area contributed by atoms with Gasteiger partial charge in [-0.3, -0.25) is 14.9 Å². The molecule has 1 saturated heterocycles. The molecule has 3 amide bonds. The van der Waals surface area contributed by atoms with E-state index in [1.54, 1.807) is 12.3 Å². The molecule has 4 rings (SSSR count). The Morgan fingerprint density at radius 2 is 2.18 bits per heavy atom. The third kappa shape index (κ3) is 3.24. The second kappa shape index (κ2) is 7.08. The molecule has 3 aromatic rings. The monoisotopic (exact) mass is 397 g/mol. The topological polar surface area (TPSA) is 121 Å². The first-order valence-corrected chi connectivity index (χ1v) is 9.72. The molecule has 1 aromatic carbocycles. The summed E-state index contributed by atoms with van der Waals surface area (Å²) < 4.78 is 0. The fourth-order valence-corrected chi connectivity index (χ4v) is 4.47. The molecule has 144 valence electrons. The number of amides is 3. The average molecular weight is 397 g/mol. The van der Waals surface area contributed by atoms with Gasteiger partial charge in [-0.2, -0.15) is 0 Å². The average Bonchev–Trinajstić information content (AvgIpc) is 3.28. The van der Waals surface area contributed by atoms with E-state index in [1.165, 1.54) is 16.2 Å². The van der Waals surface area contributed by atoms with E-state index in [4.69, 9.17) is 5.73 Å². The number of carbonyl (C=O) groups excluding carboxylic acids is 2. The lowest BCUT2D eigenvalue weighted by Crippen LogP contribution is -2.45. The molecule has 3 heterocycles. The Labute approximate surface area is 164 Å². The Bertz CT molecular complexity index is 1140. The Morgan fingerprint density at radius 3 is 2.96 bits per heavy atom. The number of anilines is 1. The highest BCUT2D eigenvalue weighted by molar-refractivity contribution is 7.19. The Kier molecular flexibility index (Phi) is 4.60. The van der Waals surface area contributed by atoms with Crippen molar-refractivity contribution in [2.45, 2.75) is 25.8 Å². The predicted octanol–water partition coefficient (Wildman–Crippen LogP) is 2.44. The molecule has 8 nitrogen and oxygen atoms in total. The number of thiazole rings is 1. The van der Waals surface area contributed by atoms with Crippen molar-refractivity contribution in [2.24, 2.45) is 5.73 Å². The number of hydrogen-bond acceptors (Lipinski definition) is 5. The van der Waals surface area contributed by atoms with E-state index in [-0.39, 0.29) is 11.6 Å². The number of carbonyl (C=O) groups is 2. The van der Waals surface area contributed by atoms with Gasteiger partial charge in [-0.1, -0.05) is 17.4 Å².